The molecular formula is C22H25N5O. The lowest BCUT2D eigenvalue weighted by molar-refractivity contribution is -0.131. The molecule has 1 aliphatic rings. The number of nitrogens with zero attached hydrogens (tertiary/aromatic N) is 5. The van der Waals surface area contributed by atoms with Gasteiger partial charge in [-0.05, 0) is 42.5 Å². The van der Waals surface area contributed by atoms with Crippen molar-refractivity contribution in [1.29, 1.82) is 0 Å². The highest BCUT2D eigenvalue weighted by Crippen LogP contribution is 2.23. The molecule has 0 saturated carbocycles. The number of benzene rings is 1. The van der Waals surface area contributed by atoms with Gasteiger partial charge in [0.15, 0.2) is 0 Å². The van der Waals surface area contributed by atoms with Crippen molar-refractivity contribution in [2.24, 2.45) is 0 Å². The van der Waals surface area contributed by atoms with Gasteiger partial charge in [0.25, 0.3) is 0 Å². The molecule has 2 aromatic heterocycles. The molecule has 1 saturated heterocycles. The quantitative estimate of drug-likeness (QED) is 0.637. The Morgan fingerprint density at radius 2 is 1.89 bits per heavy atom. The van der Waals surface area contributed by atoms with Crippen LogP contribution < -0.4 is 0 Å². The van der Waals surface area contributed by atoms with Crippen LogP contribution in [0.2, 0.25) is 0 Å². The van der Waals surface area contributed by atoms with Crippen molar-refractivity contribution in [3.8, 4) is 0 Å². The molecule has 0 bridgehead atoms. The molecule has 0 spiro atoms. The largest absolute Gasteiger partial charge is 0.339 e. The third-order valence-electron chi connectivity index (χ3n) is 5.39. The Kier molecular flexibility index (Phi) is 5.75. The van der Waals surface area contributed by atoms with Crippen molar-refractivity contribution < 1.29 is 4.79 Å². The predicted molar refractivity (Wildman–Crippen MR) is 107 cm³/mol. The SMILES string of the molecule is O=C(Cc1ccncc1)N1CCCC1CCc1nncn1Cc1ccccc1. The van der Waals surface area contributed by atoms with Gasteiger partial charge in [-0.3, -0.25) is 9.78 Å². The average molecular weight is 375 g/mol. The Hall–Kier alpha value is -3.02. The van der Waals surface area contributed by atoms with Gasteiger partial charge in [-0.2, -0.15) is 0 Å². The maximum Gasteiger partial charge on any atom is 0.227 e. The Labute approximate surface area is 165 Å². The molecular weight excluding hydrogens is 350 g/mol. The Balaban J connectivity index is 1.35. The first-order valence-electron chi connectivity index (χ1n) is 9.88. The normalized spacial score (nSPS) is 16.4. The van der Waals surface area contributed by atoms with Gasteiger partial charge in [0.2, 0.25) is 5.91 Å². The van der Waals surface area contributed by atoms with Crippen LogP contribution in [-0.4, -0.2) is 43.1 Å². The zero-order valence-corrected chi connectivity index (χ0v) is 15.9. The van der Waals surface area contributed by atoms with E-state index in [0.29, 0.717) is 6.42 Å². The number of hydrogen-bond donors (Lipinski definition) is 0. The van der Waals surface area contributed by atoms with Crippen molar-refractivity contribution in [2.45, 2.75) is 44.7 Å². The standard InChI is InChI=1S/C22H25N5O/c28-22(15-18-10-12-23-13-11-18)27-14-4-7-20(27)8-9-21-25-24-17-26(21)16-19-5-2-1-3-6-19/h1-3,5-6,10-13,17,20H,4,7-9,14-16H2. The van der Waals surface area contributed by atoms with Crippen LogP contribution in [0.3, 0.4) is 0 Å². The Morgan fingerprint density at radius 1 is 1.07 bits per heavy atom. The van der Waals surface area contributed by atoms with Crippen LogP contribution >= 0.6 is 0 Å². The molecule has 28 heavy (non-hydrogen) atoms. The van der Waals surface area contributed by atoms with Crippen molar-refractivity contribution in [1.82, 2.24) is 24.6 Å². The number of pyridine rings is 1. The molecule has 4 rings (SSSR count). The summed E-state index contributed by atoms with van der Waals surface area (Å²) >= 11 is 0. The fourth-order valence-electron chi connectivity index (χ4n) is 3.92. The third-order valence-corrected chi connectivity index (χ3v) is 5.39. The minimum atomic E-state index is 0.208. The Morgan fingerprint density at radius 3 is 2.71 bits per heavy atom. The molecule has 3 aromatic rings. The molecule has 1 aliphatic heterocycles. The van der Waals surface area contributed by atoms with E-state index in [1.165, 1.54) is 5.56 Å². The van der Waals surface area contributed by atoms with Crippen LogP contribution in [0.15, 0.2) is 61.2 Å². The van der Waals surface area contributed by atoms with E-state index in [9.17, 15) is 4.79 Å². The molecule has 1 atom stereocenters. The number of likely N-dealkylation sites (tertiary alicyclic amines) is 1. The Bertz CT molecular complexity index is 894. The van der Waals surface area contributed by atoms with E-state index in [-0.39, 0.29) is 11.9 Å². The van der Waals surface area contributed by atoms with E-state index < -0.39 is 0 Å². The van der Waals surface area contributed by atoms with Gasteiger partial charge < -0.3 is 9.47 Å². The second kappa shape index (κ2) is 8.78. The van der Waals surface area contributed by atoms with E-state index in [1.54, 1.807) is 18.7 Å². The number of rotatable bonds is 7. The lowest BCUT2D eigenvalue weighted by Crippen LogP contribution is -2.37. The summed E-state index contributed by atoms with van der Waals surface area (Å²) in [7, 11) is 0. The lowest BCUT2D eigenvalue weighted by Gasteiger charge is -2.25. The van der Waals surface area contributed by atoms with Gasteiger partial charge in [0.05, 0.1) is 13.0 Å². The number of carbonyl (C=O) groups is 1. The molecule has 0 N–H and O–H groups in total. The van der Waals surface area contributed by atoms with Gasteiger partial charge >= 0.3 is 0 Å². The zero-order chi connectivity index (χ0) is 19.2. The molecule has 6 nitrogen and oxygen atoms in total. The predicted octanol–water partition coefficient (Wildman–Crippen LogP) is 2.89. The maximum atomic E-state index is 12.8. The van der Waals surface area contributed by atoms with E-state index in [0.717, 1.165) is 50.2 Å². The monoisotopic (exact) mass is 375 g/mol. The van der Waals surface area contributed by atoms with Gasteiger partial charge in [-0.25, -0.2) is 0 Å². The molecule has 1 fully saturated rings. The highest BCUT2D eigenvalue weighted by atomic mass is 16.2. The second-order valence-electron chi connectivity index (χ2n) is 7.31. The number of hydrogen-bond acceptors (Lipinski definition) is 4. The zero-order valence-electron chi connectivity index (χ0n) is 15.9. The van der Waals surface area contributed by atoms with Crippen molar-refractivity contribution in [3.05, 3.63) is 78.1 Å². The van der Waals surface area contributed by atoms with E-state index in [2.05, 4.69) is 36.8 Å². The summed E-state index contributed by atoms with van der Waals surface area (Å²) in [5.74, 6) is 1.19. The van der Waals surface area contributed by atoms with Gasteiger partial charge in [-0.15, -0.1) is 10.2 Å². The van der Waals surface area contributed by atoms with E-state index in [4.69, 9.17) is 0 Å². The highest BCUT2D eigenvalue weighted by Gasteiger charge is 2.28. The minimum absolute atomic E-state index is 0.208. The first-order chi connectivity index (χ1) is 13.8. The summed E-state index contributed by atoms with van der Waals surface area (Å²) in [6, 6.07) is 14.4. The maximum absolute atomic E-state index is 12.8. The topological polar surface area (TPSA) is 63.9 Å². The van der Waals surface area contributed by atoms with Crippen molar-refractivity contribution in [3.63, 3.8) is 0 Å². The molecule has 1 amide bonds. The van der Waals surface area contributed by atoms with Crippen LogP contribution in [0.25, 0.3) is 0 Å². The molecule has 144 valence electrons. The second-order valence-corrected chi connectivity index (χ2v) is 7.31. The number of aryl methyl sites for hydroxylation is 1. The van der Waals surface area contributed by atoms with E-state index >= 15 is 0 Å². The molecule has 0 radical (unpaired) electrons. The van der Waals surface area contributed by atoms with Gasteiger partial charge in [-0.1, -0.05) is 30.3 Å². The summed E-state index contributed by atoms with van der Waals surface area (Å²) in [4.78, 5) is 18.8. The summed E-state index contributed by atoms with van der Waals surface area (Å²) in [5, 5.41) is 8.41. The van der Waals surface area contributed by atoms with Crippen LogP contribution in [0.4, 0.5) is 0 Å². The lowest BCUT2D eigenvalue weighted by atomic mass is 10.1. The van der Waals surface area contributed by atoms with Crippen LogP contribution in [-0.2, 0) is 24.2 Å². The molecule has 1 aromatic carbocycles. The smallest absolute Gasteiger partial charge is 0.227 e. The highest BCUT2D eigenvalue weighted by molar-refractivity contribution is 5.79. The van der Waals surface area contributed by atoms with Crippen LogP contribution in [0, 0.1) is 0 Å². The summed E-state index contributed by atoms with van der Waals surface area (Å²) in [5.41, 5.74) is 2.26. The third kappa shape index (κ3) is 4.44. The average Bonchev–Trinajstić information content (AvgIpc) is 3.37. The fourth-order valence-corrected chi connectivity index (χ4v) is 3.92. The van der Waals surface area contributed by atoms with Gasteiger partial charge in [0, 0.05) is 31.4 Å². The molecule has 6 heteroatoms. The summed E-state index contributed by atoms with van der Waals surface area (Å²) in [6.45, 7) is 1.63. The van der Waals surface area contributed by atoms with Crippen LogP contribution in [0.1, 0.15) is 36.2 Å². The van der Waals surface area contributed by atoms with Gasteiger partial charge in [0.1, 0.15) is 12.2 Å². The van der Waals surface area contributed by atoms with Crippen molar-refractivity contribution in [2.75, 3.05) is 6.54 Å². The number of amides is 1. The summed E-state index contributed by atoms with van der Waals surface area (Å²) in [6.07, 6.45) is 9.62. The molecule has 1 unspecified atom stereocenters. The minimum Gasteiger partial charge on any atom is -0.339 e. The molecule has 3 heterocycles. The summed E-state index contributed by atoms with van der Waals surface area (Å²) < 4.78 is 2.10. The molecule has 0 aliphatic carbocycles. The number of carbonyl (C=O) groups excluding carboxylic acids is 1. The fraction of sp³-hybridized carbons (Fsp3) is 0.364. The van der Waals surface area contributed by atoms with Crippen molar-refractivity contribution >= 4 is 5.91 Å². The van der Waals surface area contributed by atoms with E-state index in [1.807, 2.05) is 30.3 Å². The first kappa shape index (κ1) is 18.3. The van der Waals surface area contributed by atoms with Crippen LogP contribution in [0.5, 0.6) is 0 Å². The number of aromatic nitrogens is 4. The first-order valence-corrected chi connectivity index (χ1v) is 9.88.